The van der Waals surface area contributed by atoms with E-state index in [1.165, 1.54) is 12.8 Å². The molecule has 2 N–H and O–H groups in total. The fourth-order valence-electron chi connectivity index (χ4n) is 4.28. The summed E-state index contributed by atoms with van der Waals surface area (Å²) in [5.74, 6) is 0.475. The minimum Gasteiger partial charge on any atom is -0.447 e. The van der Waals surface area contributed by atoms with E-state index in [9.17, 15) is 9.59 Å². The molecule has 3 fully saturated rings. The zero-order chi connectivity index (χ0) is 19.3. The molecule has 3 amide bonds. The van der Waals surface area contributed by atoms with Crippen LogP contribution in [-0.4, -0.2) is 69.1 Å². The maximum atomic E-state index is 12.5. The topological polar surface area (TPSA) is 83.1 Å². The summed E-state index contributed by atoms with van der Waals surface area (Å²) in [6.45, 7) is 5.30. The third-order valence-electron chi connectivity index (χ3n) is 5.77. The number of rotatable bonds is 6. The number of hydrogen-bond donors (Lipinski definition) is 2. The molecule has 8 heteroatoms. The molecule has 8 nitrogen and oxygen atoms in total. The zero-order valence-corrected chi connectivity index (χ0v) is 16.1. The molecular formula is C20H28N4O4. The van der Waals surface area contributed by atoms with Crippen LogP contribution in [0.15, 0.2) is 24.3 Å². The van der Waals surface area contributed by atoms with Crippen LogP contribution in [-0.2, 0) is 9.47 Å². The fourth-order valence-corrected chi connectivity index (χ4v) is 4.28. The minimum absolute atomic E-state index is 0.232. The van der Waals surface area contributed by atoms with Crippen molar-refractivity contribution in [3.63, 3.8) is 0 Å². The van der Waals surface area contributed by atoms with Gasteiger partial charge in [0.05, 0.1) is 13.2 Å². The predicted octanol–water partition coefficient (Wildman–Crippen LogP) is 2.27. The number of urea groups is 1. The predicted molar refractivity (Wildman–Crippen MR) is 106 cm³/mol. The number of carbonyl (C=O) groups is 2. The molecule has 28 heavy (non-hydrogen) atoms. The summed E-state index contributed by atoms with van der Waals surface area (Å²) in [7, 11) is 0. The lowest BCUT2D eigenvalue weighted by atomic mass is 9.97. The molecule has 0 unspecified atom stereocenters. The van der Waals surface area contributed by atoms with E-state index in [4.69, 9.17) is 9.47 Å². The Kier molecular flexibility index (Phi) is 5.97. The second kappa shape index (κ2) is 8.79. The molecule has 0 radical (unpaired) electrons. The molecule has 3 aliphatic heterocycles. The number of likely N-dealkylation sites (tertiary alicyclic amines) is 1. The third-order valence-corrected chi connectivity index (χ3v) is 5.77. The molecule has 0 spiro atoms. The van der Waals surface area contributed by atoms with Gasteiger partial charge < -0.3 is 20.1 Å². The van der Waals surface area contributed by atoms with Crippen molar-refractivity contribution in [3.05, 3.63) is 24.3 Å². The summed E-state index contributed by atoms with van der Waals surface area (Å²) in [5.41, 5.74) is 1.37. The van der Waals surface area contributed by atoms with Gasteiger partial charge in [-0.25, -0.2) is 9.59 Å². The molecule has 0 bridgehead atoms. The summed E-state index contributed by atoms with van der Waals surface area (Å²) >= 11 is 0. The summed E-state index contributed by atoms with van der Waals surface area (Å²) in [4.78, 5) is 28.2. The molecule has 3 saturated heterocycles. The van der Waals surface area contributed by atoms with Crippen LogP contribution < -0.4 is 15.5 Å². The van der Waals surface area contributed by atoms with Crippen molar-refractivity contribution in [1.82, 2.24) is 10.2 Å². The van der Waals surface area contributed by atoms with Crippen molar-refractivity contribution < 1.29 is 19.1 Å². The quantitative estimate of drug-likeness (QED) is 0.781. The molecular weight excluding hydrogens is 360 g/mol. The average molecular weight is 388 g/mol. The fraction of sp³-hybridized carbons (Fsp3) is 0.600. The highest BCUT2D eigenvalue weighted by atomic mass is 16.6. The Bertz CT molecular complexity index is 685. The molecule has 0 saturated carbocycles. The number of nitrogens with one attached hydrogen (secondary N) is 2. The lowest BCUT2D eigenvalue weighted by Gasteiger charge is -2.32. The van der Waals surface area contributed by atoms with Crippen molar-refractivity contribution in [2.75, 3.05) is 56.2 Å². The van der Waals surface area contributed by atoms with Crippen LogP contribution in [0.5, 0.6) is 0 Å². The maximum Gasteiger partial charge on any atom is 0.414 e. The van der Waals surface area contributed by atoms with Gasteiger partial charge in [0.15, 0.2) is 0 Å². The van der Waals surface area contributed by atoms with Crippen LogP contribution in [0, 0.1) is 5.92 Å². The van der Waals surface area contributed by atoms with Crippen LogP contribution in [0.4, 0.5) is 21.0 Å². The van der Waals surface area contributed by atoms with Crippen molar-refractivity contribution in [2.24, 2.45) is 5.92 Å². The van der Waals surface area contributed by atoms with E-state index < -0.39 is 0 Å². The molecule has 3 heterocycles. The highest BCUT2D eigenvalue weighted by Gasteiger charge is 2.32. The largest absolute Gasteiger partial charge is 0.447 e. The van der Waals surface area contributed by atoms with Crippen molar-refractivity contribution in [1.29, 1.82) is 0 Å². The number of cyclic esters (lactones) is 1. The van der Waals surface area contributed by atoms with Crippen molar-refractivity contribution >= 4 is 23.5 Å². The van der Waals surface area contributed by atoms with E-state index in [2.05, 4.69) is 15.5 Å². The van der Waals surface area contributed by atoms with Gasteiger partial charge in [-0.1, -0.05) is 6.07 Å². The van der Waals surface area contributed by atoms with Gasteiger partial charge in [-0.2, -0.15) is 0 Å². The van der Waals surface area contributed by atoms with Crippen LogP contribution in [0.25, 0.3) is 0 Å². The Morgan fingerprint density at radius 3 is 2.79 bits per heavy atom. The molecule has 1 aromatic rings. The standard InChI is InChI=1S/C20H28N4O4/c25-19(21-13-18(15-6-10-27-14-15)23-7-1-2-8-23)22-16-4-3-5-17(12-16)24-9-11-28-20(24)26/h3-5,12,15,18H,1-2,6-11,13-14H2,(H2,21,22,25)/t15-,18+/m1/s1. The van der Waals surface area contributed by atoms with E-state index in [-0.39, 0.29) is 12.1 Å². The summed E-state index contributed by atoms with van der Waals surface area (Å²) in [6.07, 6.45) is 3.15. The first-order valence-corrected chi connectivity index (χ1v) is 10.1. The Morgan fingerprint density at radius 2 is 2.07 bits per heavy atom. The van der Waals surface area contributed by atoms with E-state index in [0.717, 1.165) is 38.4 Å². The van der Waals surface area contributed by atoms with Gasteiger partial charge in [0.1, 0.15) is 6.61 Å². The molecule has 3 aliphatic rings. The number of benzene rings is 1. The Morgan fingerprint density at radius 1 is 1.21 bits per heavy atom. The Labute approximate surface area is 165 Å². The van der Waals surface area contributed by atoms with Gasteiger partial charge in [-0.15, -0.1) is 0 Å². The van der Waals surface area contributed by atoms with Gasteiger partial charge in [0.2, 0.25) is 0 Å². The second-order valence-electron chi connectivity index (χ2n) is 7.59. The normalized spacial score (nSPS) is 23.6. The van der Waals surface area contributed by atoms with Crippen molar-refractivity contribution in [3.8, 4) is 0 Å². The summed E-state index contributed by atoms with van der Waals surface area (Å²) < 4.78 is 10.5. The number of carbonyl (C=O) groups excluding carboxylic acids is 2. The number of hydrogen-bond acceptors (Lipinski definition) is 5. The molecule has 2 atom stereocenters. The number of amides is 3. The molecule has 4 rings (SSSR count). The first-order chi connectivity index (χ1) is 13.7. The third kappa shape index (κ3) is 4.39. The lowest BCUT2D eigenvalue weighted by Crippen LogP contribution is -2.48. The zero-order valence-electron chi connectivity index (χ0n) is 16.1. The van der Waals surface area contributed by atoms with Gasteiger partial charge in [0, 0.05) is 36.5 Å². The number of anilines is 2. The maximum absolute atomic E-state index is 12.5. The molecule has 152 valence electrons. The van der Waals surface area contributed by atoms with E-state index in [1.54, 1.807) is 11.0 Å². The highest BCUT2D eigenvalue weighted by Crippen LogP contribution is 2.25. The van der Waals surface area contributed by atoms with Gasteiger partial charge >= 0.3 is 12.1 Å². The monoisotopic (exact) mass is 388 g/mol. The smallest absolute Gasteiger partial charge is 0.414 e. The van der Waals surface area contributed by atoms with Crippen LogP contribution >= 0.6 is 0 Å². The minimum atomic E-state index is -0.353. The number of nitrogens with zero attached hydrogens (tertiary/aromatic N) is 2. The molecule has 0 aromatic heterocycles. The SMILES string of the molecule is O=C(NC[C@@H]([C@@H]1CCOC1)N1CCCC1)Nc1cccc(N2CCOC2=O)c1. The van der Waals surface area contributed by atoms with Crippen molar-refractivity contribution in [2.45, 2.75) is 25.3 Å². The molecule has 0 aliphatic carbocycles. The number of ether oxygens (including phenoxy) is 2. The van der Waals surface area contributed by atoms with Gasteiger partial charge in [-0.3, -0.25) is 9.80 Å². The van der Waals surface area contributed by atoms with E-state index in [0.29, 0.717) is 37.3 Å². The Balaban J connectivity index is 1.33. The van der Waals surface area contributed by atoms with Crippen LogP contribution in [0.3, 0.4) is 0 Å². The second-order valence-corrected chi connectivity index (χ2v) is 7.59. The first-order valence-electron chi connectivity index (χ1n) is 10.1. The lowest BCUT2D eigenvalue weighted by molar-refractivity contribution is 0.135. The summed E-state index contributed by atoms with van der Waals surface area (Å²) in [5, 5.41) is 5.91. The molecule has 1 aromatic carbocycles. The Hall–Kier alpha value is -2.32. The first kappa shape index (κ1) is 19.0. The highest BCUT2D eigenvalue weighted by molar-refractivity contribution is 5.93. The van der Waals surface area contributed by atoms with Crippen LogP contribution in [0.1, 0.15) is 19.3 Å². The summed E-state index contributed by atoms with van der Waals surface area (Å²) in [6, 6.07) is 7.34. The van der Waals surface area contributed by atoms with Crippen LogP contribution in [0.2, 0.25) is 0 Å². The van der Waals surface area contributed by atoms with E-state index >= 15 is 0 Å². The van der Waals surface area contributed by atoms with E-state index in [1.807, 2.05) is 18.2 Å². The average Bonchev–Trinajstić information content (AvgIpc) is 3.45. The van der Waals surface area contributed by atoms with Gasteiger partial charge in [-0.05, 0) is 50.6 Å². The van der Waals surface area contributed by atoms with Gasteiger partial charge in [0.25, 0.3) is 0 Å².